The first kappa shape index (κ1) is 13.8. The molecule has 0 radical (unpaired) electrons. The van der Waals surface area contributed by atoms with Crippen LogP contribution in [-0.4, -0.2) is 34.4 Å². The molecule has 0 aromatic heterocycles. The third kappa shape index (κ3) is 3.91. The molecule has 1 rings (SSSR count). The SMILES string of the molecule is CCCCCCC(=O)N1CCCC1C(N)=NO. The van der Waals surface area contributed by atoms with Gasteiger partial charge >= 0.3 is 0 Å². The van der Waals surface area contributed by atoms with Crippen molar-refractivity contribution in [3.8, 4) is 0 Å². The number of nitrogens with two attached hydrogens (primary N) is 1. The van der Waals surface area contributed by atoms with Gasteiger partial charge in [-0.15, -0.1) is 0 Å². The molecule has 1 unspecified atom stereocenters. The normalized spacial score (nSPS) is 20.9. The van der Waals surface area contributed by atoms with Gasteiger partial charge in [0.05, 0.1) is 6.04 Å². The number of unbranched alkanes of at least 4 members (excludes halogenated alkanes) is 3. The van der Waals surface area contributed by atoms with Gasteiger partial charge in [0.25, 0.3) is 0 Å². The zero-order chi connectivity index (χ0) is 12.7. The number of oxime groups is 1. The fourth-order valence-corrected chi connectivity index (χ4v) is 2.29. The predicted molar refractivity (Wildman–Crippen MR) is 66.9 cm³/mol. The molecule has 5 nitrogen and oxygen atoms in total. The summed E-state index contributed by atoms with van der Waals surface area (Å²) in [6, 6.07) is -0.196. The van der Waals surface area contributed by atoms with Crippen LogP contribution in [0.3, 0.4) is 0 Å². The average Bonchev–Trinajstić information content (AvgIpc) is 2.82. The maximum atomic E-state index is 12.0. The molecule has 0 spiro atoms. The Bertz CT molecular complexity index is 279. The molecule has 1 heterocycles. The first-order chi connectivity index (χ1) is 8.20. The second kappa shape index (κ2) is 7.14. The number of likely N-dealkylation sites (tertiary alicyclic amines) is 1. The highest BCUT2D eigenvalue weighted by atomic mass is 16.4. The summed E-state index contributed by atoms with van der Waals surface area (Å²) in [5.41, 5.74) is 5.59. The second-order valence-corrected chi connectivity index (χ2v) is 4.58. The van der Waals surface area contributed by atoms with Gasteiger partial charge in [-0.2, -0.15) is 0 Å². The number of amidine groups is 1. The standard InChI is InChI=1S/C12H23N3O2/c1-2-3-4-5-8-11(16)15-9-6-7-10(15)12(13)14-17/h10,17H,2-9H2,1H3,(H2,13,14). The Morgan fingerprint density at radius 1 is 1.47 bits per heavy atom. The van der Waals surface area contributed by atoms with E-state index in [2.05, 4.69) is 12.1 Å². The molecule has 98 valence electrons. The number of carbonyl (C=O) groups excluding carboxylic acids is 1. The van der Waals surface area contributed by atoms with Crippen LogP contribution in [0.25, 0.3) is 0 Å². The Labute approximate surface area is 103 Å². The van der Waals surface area contributed by atoms with Gasteiger partial charge in [0.1, 0.15) is 0 Å². The monoisotopic (exact) mass is 241 g/mol. The molecule has 1 atom stereocenters. The minimum absolute atomic E-state index is 0.134. The lowest BCUT2D eigenvalue weighted by atomic mass is 10.1. The number of rotatable bonds is 6. The summed E-state index contributed by atoms with van der Waals surface area (Å²) in [6.07, 6.45) is 6.70. The lowest BCUT2D eigenvalue weighted by molar-refractivity contribution is -0.131. The number of carbonyl (C=O) groups is 1. The van der Waals surface area contributed by atoms with Crippen LogP contribution in [0.2, 0.25) is 0 Å². The van der Waals surface area contributed by atoms with Gasteiger partial charge in [-0.05, 0) is 19.3 Å². The maximum Gasteiger partial charge on any atom is 0.223 e. The Kier molecular flexibility index (Phi) is 5.80. The lowest BCUT2D eigenvalue weighted by Crippen LogP contribution is -2.43. The molecule has 17 heavy (non-hydrogen) atoms. The molecule has 0 aromatic rings. The molecular formula is C12H23N3O2. The molecule has 1 fully saturated rings. The van der Waals surface area contributed by atoms with Crippen molar-refractivity contribution in [3.05, 3.63) is 0 Å². The summed E-state index contributed by atoms with van der Waals surface area (Å²) in [7, 11) is 0. The van der Waals surface area contributed by atoms with E-state index in [0.29, 0.717) is 6.42 Å². The van der Waals surface area contributed by atoms with Crippen molar-refractivity contribution in [2.24, 2.45) is 10.9 Å². The third-order valence-electron chi connectivity index (χ3n) is 3.27. The van der Waals surface area contributed by atoms with Gasteiger partial charge in [0.15, 0.2) is 5.84 Å². The number of hydrogen-bond donors (Lipinski definition) is 2. The van der Waals surface area contributed by atoms with Gasteiger partial charge < -0.3 is 15.8 Å². The van der Waals surface area contributed by atoms with Crippen molar-refractivity contribution in [2.45, 2.75) is 57.9 Å². The molecule has 0 aromatic carbocycles. The quantitative estimate of drug-likeness (QED) is 0.244. The molecule has 3 N–H and O–H groups in total. The number of amides is 1. The largest absolute Gasteiger partial charge is 0.409 e. The molecule has 0 aliphatic carbocycles. The van der Waals surface area contributed by atoms with E-state index < -0.39 is 0 Å². The van der Waals surface area contributed by atoms with Crippen molar-refractivity contribution >= 4 is 11.7 Å². The summed E-state index contributed by atoms with van der Waals surface area (Å²) < 4.78 is 0. The summed E-state index contributed by atoms with van der Waals surface area (Å²) in [4.78, 5) is 13.7. The van der Waals surface area contributed by atoms with E-state index in [0.717, 1.165) is 32.2 Å². The highest BCUT2D eigenvalue weighted by molar-refractivity contribution is 5.90. The Hall–Kier alpha value is -1.26. The van der Waals surface area contributed by atoms with E-state index in [1.54, 1.807) is 4.90 Å². The van der Waals surface area contributed by atoms with Crippen LogP contribution in [0.1, 0.15) is 51.9 Å². The first-order valence-corrected chi connectivity index (χ1v) is 6.47. The average molecular weight is 241 g/mol. The van der Waals surface area contributed by atoms with E-state index in [-0.39, 0.29) is 17.8 Å². The van der Waals surface area contributed by atoms with Gasteiger partial charge in [0, 0.05) is 13.0 Å². The predicted octanol–water partition coefficient (Wildman–Crippen LogP) is 1.69. The minimum Gasteiger partial charge on any atom is -0.409 e. The van der Waals surface area contributed by atoms with E-state index in [1.165, 1.54) is 12.8 Å². The molecule has 1 saturated heterocycles. The molecule has 5 heteroatoms. The van der Waals surface area contributed by atoms with Crippen LogP contribution in [-0.2, 0) is 4.79 Å². The van der Waals surface area contributed by atoms with Gasteiger partial charge in [0.2, 0.25) is 5.91 Å². The molecular weight excluding hydrogens is 218 g/mol. The van der Waals surface area contributed by atoms with Crippen molar-refractivity contribution in [3.63, 3.8) is 0 Å². The van der Waals surface area contributed by atoms with Gasteiger partial charge in [-0.1, -0.05) is 31.3 Å². The summed E-state index contributed by atoms with van der Waals surface area (Å²) in [5, 5.41) is 11.7. The van der Waals surface area contributed by atoms with Crippen LogP contribution < -0.4 is 5.73 Å². The molecule has 0 bridgehead atoms. The first-order valence-electron chi connectivity index (χ1n) is 6.47. The van der Waals surface area contributed by atoms with Gasteiger partial charge in [-0.25, -0.2) is 0 Å². The fourth-order valence-electron chi connectivity index (χ4n) is 2.29. The fraction of sp³-hybridized carbons (Fsp3) is 0.833. The Morgan fingerprint density at radius 2 is 2.24 bits per heavy atom. The zero-order valence-corrected chi connectivity index (χ0v) is 10.6. The highest BCUT2D eigenvalue weighted by Crippen LogP contribution is 2.19. The number of nitrogens with zero attached hydrogens (tertiary/aromatic N) is 2. The van der Waals surface area contributed by atoms with E-state index in [4.69, 9.17) is 10.9 Å². The van der Waals surface area contributed by atoms with Crippen molar-refractivity contribution in [1.82, 2.24) is 4.90 Å². The summed E-state index contributed by atoms with van der Waals surface area (Å²) in [6.45, 7) is 2.88. The highest BCUT2D eigenvalue weighted by Gasteiger charge is 2.31. The van der Waals surface area contributed by atoms with Crippen LogP contribution in [0, 0.1) is 0 Å². The van der Waals surface area contributed by atoms with Crippen molar-refractivity contribution < 1.29 is 10.0 Å². The molecule has 1 aliphatic heterocycles. The Morgan fingerprint density at radius 3 is 2.88 bits per heavy atom. The van der Waals surface area contributed by atoms with Crippen molar-refractivity contribution in [1.29, 1.82) is 0 Å². The maximum absolute atomic E-state index is 12.0. The lowest BCUT2D eigenvalue weighted by Gasteiger charge is -2.23. The van der Waals surface area contributed by atoms with Crippen LogP contribution in [0.4, 0.5) is 0 Å². The summed E-state index contributed by atoms with van der Waals surface area (Å²) >= 11 is 0. The minimum atomic E-state index is -0.196. The van der Waals surface area contributed by atoms with Crippen LogP contribution in [0.5, 0.6) is 0 Å². The molecule has 1 aliphatic rings. The smallest absolute Gasteiger partial charge is 0.223 e. The van der Waals surface area contributed by atoms with Crippen LogP contribution in [0.15, 0.2) is 5.16 Å². The Balaban J connectivity index is 2.39. The number of hydrogen-bond acceptors (Lipinski definition) is 3. The van der Waals surface area contributed by atoms with Crippen molar-refractivity contribution in [2.75, 3.05) is 6.54 Å². The molecule has 0 saturated carbocycles. The van der Waals surface area contributed by atoms with Gasteiger partial charge in [-0.3, -0.25) is 4.79 Å². The zero-order valence-electron chi connectivity index (χ0n) is 10.6. The summed E-state index contributed by atoms with van der Waals surface area (Å²) in [5.74, 6) is 0.291. The van der Waals surface area contributed by atoms with Crippen LogP contribution >= 0.6 is 0 Å². The van der Waals surface area contributed by atoms with E-state index >= 15 is 0 Å². The topological polar surface area (TPSA) is 78.9 Å². The van der Waals surface area contributed by atoms with E-state index in [9.17, 15) is 4.79 Å². The second-order valence-electron chi connectivity index (χ2n) is 4.58. The third-order valence-corrected chi connectivity index (χ3v) is 3.27. The molecule has 1 amide bonds. The van der Waals surface area contributed by atoms with E-state index in [1.807, 2.05) is 0 Å².